The maximum atomic E-state index is 11.2. The summed E-state index contributed by atoms with van der Waals surface area (Å²) in [4.78, 5) is 15.5. The summed E-state index contributed by atoms with van der Waals surface area (Å²) in [7, 11) is 0. The summed E-state index contributed by atoms with van der Waals surface area (Å²) in [6, 6.07) is 0. The number of nitrogens with zero attached hydrogens (tertiary/aromatic N) is 1. The van der Waals surface area contributed by atoms with E-state index >= 15 is 0 Å². The van der Waals surface area contributed by atoms with Gasteiger partial charge in [-0.2, -0.15) is 0 Å². The molecule has 0 spiro atoms. The third-order valence-corrected chi connectivity index (χ3v) is 3.37. The van der Waals surface area contributed by atoms with Crippen molar-refractivity contribution < 1.29 is 9.90 Å². The molecule has 0 saturated carbocycles. The SMILES string of the molecule is CCCC(C)(NCc1csc(C)n1)C(=O)O. The molecule has 0 aliphatic carbocycles. The molecule has 0 bridgehead atoms. The van der Waals surface area contributed by atoms with Gasteiger partial charge in [0.1, 0.15) is 5.54 Å². The number of aliphatic carboxylic acids is 1. The predicted octanol–water partition coefficient (Wildman–Crippen LogP) is 2.18. The zero-order valence-corrected chi connectivity index (χ0v) is 10.7. The minimum Gasteiger partial charge on any atom is -0.480 e. The highest BCUT2D eigenvalue weighted by Crippen LogP contribution is 2.14. The first-order chi connectivity index (χ1) is 7.48. The standard InChI is InChI=1S/C11H18N2O2S/c1-4-5-11(3,10(14)15)12-6-9-7-16-8(2)13-9/h7,12H,4-6H2,1-3H3,(H,14,15). The lowest BCUT2D eigenvalue weighted by molar-refractivity contribution is -0.144. The molecule has 1 atom stereocenters. The van der Waals surface area contributed by atoms with Gasteiger partial charge in [-0.25, -0.2) is 4.98 Å². The van der Waals surface area contributed by atoms with E-state index in [0.29, 0.717) is 13.0 Å². The maximum Gasteiger partial charge on any atom is 0.323 e. The molecule has 5 heteroatoms. The number of hydrogen-bond donors (Lipinski definition) is 2. The Hall–Kier alpha value is -0.940. The first-order valence-electron chi connectivity index (χ1n) is 5.37. The Balaban J connectivity index is 2.60. The van der Waals surface area contributed by atoms with Gasteiger partial charge in [-0.05, 0) is 20.3 Å². The van der Waals surface area contributed by atoms with Gasteiger partial charge in [-0.15, -0.1) is 11.3 Å². The second-order valence-corrected chi connectivity index (χ2v) is 5.16. The average Bonchev–Trinajstić information content (AvgIpc) is 2.61. The molecule has 1 aromatic rings. The molecule has 4 nitrogen and oxygen atoms in total. The number of hydrogen-bond acceptors (Lipinski definition) is 4. The van der Waals surface area contributed by atoms with Crippen LogP contribution in [-0.4, -0.2) is 21.6 Å². The summed E-state index contributed by atoms with van der Waals surface area (Å²) < 4.78 is 0. The Bertz CT molecular complexity index is 365. The van der Waals surface area contributed by atoms with E-state index in [1.54, 1.807) is 18.3 Å². The van der Waals surface area contributed by atoms with E-state index in [9.17, 15) is 4.79 Å². The molecule has 1 aromatic heterocycles. The van der Waals surface area contributed by atoms with Crippen molar-refractivity contribution in [3.8, 4) is 0 Å². The van der Waals surface area contributed by atoms with Gasteiger partial charge < -0.3 is 5.11 Å². The fourth-order valence-corrected chi connectivity index (χ4v) is 2.16. The Morgan fingerprint density at radius 3 is 2.81 bits per heavy atom. The van der Waals surface area contributed by atoms with Crippen molar-refractivity contribution in [3.05, 3.63) is 16.1 Å². The molecule has 2 N–H and O–H groups in total. The van der Waals surface area contributed by atoms with E-state index < -0.39 is 11.5 Å². The summed E-state index contributed by atoms with van der Waals surface area (Å²) in [5.74, 6) is -0.804. The second-order valence-electron chi connectivity index (χ2n) is 4.10. The quantitative estimate of drug-likeness (QED) is 0.802. The lowest BCUT2D eigenvalue weighted by atomic mass is 9.96. The third-order valence-electron chi connectivity index (χ3n) is 2.55. The summed E-state index contributed by atoms with van der Waals surface area (Å²) >= 11 is 1.58. The molecule has 1 rings (SSSR count). The molecule has 0 radical (unpaired) electrons. The molecular weight excluding hydrogens is 224 g/mol. The Labute approximate surface area is 99.7 Å². The summed E-state index contributed by atoms with van der Waals surface area (Å²) in [6.45, 7) is 6.15. The van der Waals surface area contributed by atoms with Crippen molar-refractivity contribution in [2.24, 2.45) is 0 Å². The minimum absolute atomic E-state index is 0.507. The highest BCUT2D eigenvalue weighted by Gasteiger charge is 2.31. The monoisotopic (exact) mass is 242 g/mol. The molecule has 90 valence electrons. The number of aromatic nitrogens is 1. The van der Waals surface area contributed by atoms with Crippen LogP contribution in [0.1, 0.15) is 37.4 Å². The molecule has 16 heavy (non-hydrogen) atoms. The van der Waals surface area contributed by atoms with E-state index in [1.807, 2.05) is 19.2 Å². The topological polar surface area (TPSA) is 62.2 Å². The van der Waals surface area contributed by atoms with Crippen LogP contribution in [-0.2, 0) is 11.3 Å². The fraction of sp³-hybridized carbons (Fsp3) is 0.636. The largest absolute Gasteiger partial charge is 0.480 e. The fourth-order valence-electron chi connectivity index (χ4n) is 1.55. The molecule has 1 unspecified atom stereocenters. The van der Waals surface area contributed by atoms with Crippen molar-refractivity contribution in [2.45, 2.75) is 45.7 Å². The highest BCUT2D eigenvalue weighted by molar-refractivity contribution is 7.09. The van der Waals surface area contributed by atoms with Gasteiger partial charge in [0.2, 0.25) is 0 Å². The first kappa shape index (κ1) is 13.1. The van der Waals surface area contributed by atoms with Gasteiger partial charge in [0.15, 0.2) is 0 Å². The van der Waals surface area contributed by atoms with Crippen LogP contribution in [0, 0.1) is 6.92 Å². The van der Waals surface area contributed by atoms with Crippen LogP contribution in [0.4, 0.5) is 0 Å². The highest BCUT2D eigenvalue weighted by atomic mass is 32.1. The molecule has 0 aliphatic heterocycles. The molecule has 0 aromatic carbocycles. The van der Waals surface area contributed by atoms with E-state index in [0.717, 1.165) is 17.1 Å². The molecule has 0 saturated heterocycles. The van der Waals surface area contributed by atoms with Gasteiger partial charge in [-0.3, -0.25) is 10.1 Å². The van der Waals surface area contributed by atoms with Gasteiger partial charge in [0, 0.05) is 11.9 Å². The Kier molecular flexibility index (Phi) is 4.44. The molecular formula is C11H18N2O2S. The number of carboxylic acid groups (broad SMARTS) is 1. The van der Waals surface area contributed by atoms with Crippen molar-refractivity contribution in [1.29, 1.82) is 0 Å². The Morgan fingerprint density at radius 2 is 2.38 bits per heavy atom. The van der Waals surface area contributed by atoms with E-state index in [-0.39, 0.29) is 0 Å². The van der Waals surface area contributed by atoms with E-state index in [1.165, 1.54) is 0 Å². The van der Waals surface area contributed by atoms with Crippen LogP contribution in [0.2, 0.25) is 0 Å². The van der Waals surface area contributed by atoms with Gasteiger partial charge >= 0.3 is 5.97 Å². The van der Waals surface area contributed by atoms with Crippen LogP contribution in [0.25, 0.3) is 0 Å². The van der Waals surface area contributed by atoms with E-state index in [4.69, 9.17) is 5.11 Å². The second kappa shape index (κ2) is 5.41. The Morgan fingerprint density at radius 1 is 1.69 bits per heavy atom. The molecule has 1 heterocycles. The van der Waals surface area contributed by atoms with Crippen molar-refractivity contribution >= 4 is 17.3 Å². The van der Waals surface area contributed by atoms with Gasteiger partial charge in [-0.1, -0.05) is 13.3 Å². The van der Waals surface area contributed by atoms with Crippen LogP contribution >= 0.6 is 11.3 Å². The number of rotatable bonds is 6. The maximum absolute atomic E-state index is 11.2. The molecule has 0 aliphatic rings. The van der Waals surface area contributed by atoms with Crippen molar-refractivity contribution in [1.82, 2.24) is 10.3 Å². The zero-order chi connectivity index (χ0) is 12.2. The lowest BCUT2D eigenvalue weighted by Gasteiger charge is -2.25. The number of aryl methyl sites for hydroxylation is 1. The van der Waals surface area contributed by atoms with Crippen LogP contribution in [0.3, 0.4) is 0 Å². The minimum atomic E-state index is -0.855. The number of nitrogens with one attached hydrogen (secondary N) is 1. The number of carboxylic acids is 1. The van der Waals surface area contributed by atoms with Crippen molar-refractivity contribution in [3.63, 3.8) is 0 Å². The summed E-state index contributed by atoms with van der Waals surface area (Å²) in [5.41, 5.74) is 0.0535. The molecule has 0 amide bonds. The van der Waals surface area contributed by atoms with E-state index in [2.05, 4.69) is 10.3 Å². The number of thiazole rings is 1. The molecule has 0 fully saturated rings. The van der Waals surface area contributed by atoms with Crippen LogP contribution in [0.15, 0.2) is 5.38 Å². The summed E-state index contributed by atoms with van der Waals surface area (Å²) in [6.07, 6.45) is 1.46. The van der Waals surface area contributed by atoms with Crippen molar-refractivity contribution in [2.75, 3.05) is 0 Å². The van der Waals surface area contributed by atoms with Gasteiger partial charge in [0.25, 0.3) is 0 Å². The number of carbonyl (C=O) groups is 1. The van der Waals surface area contributed by atoms with Crippen LogP contribution in [0.5, 0.6) is 0 Å². The van der Waals surface area contributed by atoms with Crippen LogP contribution < -0.4 is 5.32 Å². The summed E-state index contributed by atoms with van der Waals surface area (Å²) in [5, 5.41) is 15.2. The first-order valence-corrected chi connectivity index (χ1v) is 6.25. The lowest BCUT2D eigenvalue weighted by Crippen LogP contribution is -2.48. The normalized spacial score (nSPS) is 14.7. The van der Waals surface area contributed by atoms with Gasteiger partial charge in [0.05, 0.1) is 10.7 Å². The predicted molar refractivity (Wildman–Crippen MR) is 64.6 cm³/mol. The average molecular weight is 242 g/mol. The zero-order valence-electron chi connectivity index (χ0n) is 9.91. The third kappa shape index (κ3) is 3.28. The smallest absolute Gasteiger partial charge is 0.323 e.